The number of alkyl carbamates (subject to hydrolysis) is 1. The Labute approximate surface area is 190 Å². The molecular formula is C22H39N3O7. The standard InChI is InChI=1S/C22H39N3O7/c1-14(2)19(24-17(27)9-8-10-18(28)25(6)7)16(26)13-15(20(29)30)11-12-23-21(31)32-22(3,4)5/h14-15,19H,8-13H2,1-7H3,(H,23,31)(H,24,27)(H,29,30)/t15-,19+/m1/s1. The number of aliphatic carboxylic acids is 1. The van der Waals surface area contributed by atoms with Crippen LogP contribution in [-0.4, -0.2) is 71.9 Å². The van der Waals surface area contributed by atoms with Gasteiger partial charge < -0.3 is 25.4 Å². The van der Waals surface area contributed by atoms with E-state index in [4.69, 9.17) is 4.74 Å². The first-order valence-electron chi connectivity index (χ1n) is 10.9. The van der Waals surface area contributed by atoms with E-state index in [1.165, 1.54) is 4.90 Å². The van der Waals surface area contributed by atoms with E-state index in [1.807, 2.05) is 0 Å². The zero-order valence-electron chi connectivity index (χ0n) is 20.3. The second-order valence-corrected chi connectivity index (χ2v) is 9.35. The summed E-state index contributed by atoms with van der Waals surface area (Å²) < 4.78 is 5.10. The van der Waals surface area contributed by atoms with Crippen LogP contribution < -0.4 is 10.6 Å². The van der Waals surface area contributed by atoms with Crippen molar-refractivity contribution in [1.82, 2.24) is 15.5 Å². The number of carbonyl (C=O) groups excluding carboxylic acids is 4. The number of nitrogens with zero attached hydrogens (tertiary/aromatic N) is 1. The van der Waals surface area contributed by atoms with E-state index in [0.717, 1.165) is 0 Å². The Morgan fingerprint density at radius 2 is 1.62 bits per heavy atom. The second-order valence-electron chi connectivity index (χ2n) is 9.35. The summed E-state index contributed by atoms with van der Waals surface area (Å²) in [6.07, 6.45) is -0.201. The molecule has 184 valence electrons. The highest BCUT2D eigenvalue weighted by Crippen LogP contribution is 2.15. The van der Waals surface area contributed by atoms with Gasteiger partial charge in [-0.2, -0.15) is 0 Å². The average molecular weight is 458 g/mol. The fourth-order valence-corrected chi connectivity index (χ4v) is 2.83. The minimum absolute atomic E-state index is 0.0395. The molecule has 0 bridgehead atoms. The van der Waals surface area contributed by atoms with Gasteiger partial charge in [-0.05, 0) is 39.5 Å². The molecule has 10 heteroatoms. The Kier molecular flexibility index (Phi) is 12.6. The van der Waals surface area contributed by atoms with Crippen LogP contribution in [0.5, 0.6) is 0 Å². The zero-order valence-corrected chi connectivity index (χ0v) is 20.3. The summed E-state index contributed by atoms with van der Waals surface area (Å²) in [5.41, 5.74) is -0.672. The van der Waals surface area contributed by atoms with E-state index in [9.17, 15) is 29.1 Å². The highest BCUT2D eigenvalue weighted by molar-refractivity contribution is 5.91. The van der Waals surface area contributed by atoms with Gasteiger partial charge in [0.05, 0.1) is 12.0 Å². The molecule has 0 heterocycles. The largest absolute Gasteiger partial charge is 0.481 e. The van der Waals surface area contributed by atoms with Gasteiger partial charge in [-0.15, -0.1) is 0 Å². The quantitative estimate of drug-likeness (QED) is 0.384. The summed E-state index contributed by atoms with van der Waals surface area (Å²) in [6, 6.07) is -0.826. The lowest BCUT2D eigenvalue weighted by Gasteiger charge is -2.23. The van der Waals surface area contributed by atoms with Crippen LogP contribution in [0.4, 0.5) is 4.79 Å². The van der Waals surface area contributed by atoms with Gasteiger partial charge in [0, 0.05) is 39.9 Å². The third kappa shape index (κ3) is 12.9. The number of hydrogen-bond donors (Lipinski definition) is 3. The first kappa shape index (κ1) is 29.4. The maximum Gasteiger partial charge on any atom is 0.407 e. The zero-order chi connectivity index (χ0) is 25.1. The molecule has 0 radical (unpaired) electrons. The van der Waals surface area contributed by atoms with Gasteiger partial charge in [0.25, 0.3) is 0 Å². The number of carboxylic acids is 1. The molecule has 0 aliphatic rings. The summed E-state index contributed by atoms with van der Waals surface area (Å²) in [5.74, 6) is -3.22. The van der Waals surface area contributed by atoms with Gasteiger partial charge >= 0.3 is 12.1 Å². The minimum Gasteiger partial charge on any atom is -0.481 e. The Bertz CT molecular complexity index is 669. The molecule has 0 saturated heterocycles. The first-order valence-corrected chi connectivity index (χ1v) is 10.9. The number of ether oxygens (including phenoxy) is 1. The smallest absolute Gasteiger partial charge is 0.407 e. The van der Waals surface area contributed by atoms with Gasteiger partial charge in [-0.3, -0.25) is 19.2 Å². The van der Waals surface area contributed by atoms with Crippen molar-refractivity contribution in [2.45, 2.75) is 78.4 Å². The third-order valence-corrected chi connectivity index (χ3v) is 4.58. The molecule has 0 fully saturated rings. The number of hydrogen-bond acceptors (Lipinski definition) is 6. The van der Waals surface area contributed by atoms with E-state index in [2.05, 4.69) is 10.6 Å². The number of carbonyl (C=O) groups is 5. The topological polar surface area (TPSA) is 142 Å². The van der Waals surface area contributed by atoms with Crippen molar-refractivity contribution in [2.24, 2.45) is 11.8 Å². The van der Waals surface area contributed by atoms with Crippen molar-refractivity contribution in [3.8, 4) is 0 Å². The van der Waals surface area contributed by atoms with Crippen molar-refractivity contribution in [1.29, 1.82) is 0 Å². The summed E-state index contributed by atoms with van der Waals surface area (Å²) in [6.45, 7) is 8.71. The highest BCUT2D eigenvalue weighted by atomic mass is 16.6. The van der Waals surface area contributed by atoms with E-state index in [1.54, 1.807) is 48.7 Å². The fourth-order valence-electron chi connectivity index (χ4n) is 2.83. The van der Waals surface area contributed by atoms with Crippen LogP contribution in [0, 0.1) is 11.8 Å². The molecule has 0 aliphatic carbocycles. The van der Waals surface area contributed by atoms with Crippen LogP contribution >= 0.6 is 0 Å². The average Bonchev–Trinajstić information content (AvgIpc) is 2.62. The van der Waals surface area contributed by atoms with Gasteiger partial charge in [-0.1, -0.05) is 13.8 Å². The monoisotopic (exact) mass is 457 g/mol. The fraction of sp³-hybridized carbons (Fsp3) is 0.773. The van der Waals surface area contributed by atoms with Gasteiger partial charge in [0.2, 0.25) is 11.8 Å². The molecular weight excluding hydrogens is 418 g/mol. The van der Waals surface area contributed by atoms with Crippen molar-refractivity contribution in [2.75, 3.05) is 20.6 Å². The number of nitrogens with one attached hydrogen (secondary N) is 2. The summed E-state index contributed by atoms with van der Waals surface area (Å²) in [7, 11) is 3.27. The molecule has 10 nitrogen and oxygen atoms in total. The van der Waals surface area contributed by atoms with Gasteiger partial charge in [0.15, 0.2) is 5.78 Å². The Morgan fingerprint density at radius 1 is 1.03 bits per heavy atom. The van der Waals surface area contributed by atoms with Crippen LogP contribution in [0.3, 0.4) is 0 Å². The summed E-state index contributed by atoms with van der Waals surface area (Å²) in [5, 5.41) is 14.6. The SMILES string of the molecule is CC(C)[C@H](NC(=O)CCCC(=O)N(C)C)C(=O)C[C@@H](CCNC(=O)OC(C)(C)C)C(=O)O. The maximum absolute atomic E-state index is 12.7. The van der Waals surface area contributed by atoms with Crippen molar-refractivity contribution < 1.29 is 33.8 Å². The van der Waals surface area contributed by atoms with Gasteiger partial charge in [-0.25, -0.2) is 4.79 Å². The molecule has 3 amide bonds. The summed E-state index contributed by atoms with van der Waals surface area (Å²) >= 11 is 0. The molecule has 0 unspecified atom stereocenters. The summed E-state index contributed by atoms with van der Waals surface area (Å²) in [4.78, 5) is 61.3. The van der Waals surface area contributed by atoms with E-state index >= 15 is 0 Å². The maximum atomic E-state index is 12.7. The molecule has 3 N–H and O–H groups in total. The number of rotatable bonds is 13. The lowest BCUT2D eigenvalue weighted by atomic mass is 9.90. The van der Waals surface area contributed by atoms with E-state index in [0.29, 0.717) is 6.42 Å². The van der Waals surface area contributed by atoms with E-state index in [-0.39, 0.29) is 55.7 Å². The predicted octanol–water partition coefficient (Wildman–Crippen LogP) is 1.96. The van der Waals surface area contributed by atoms with Crippen LogP contribution in [0.15, 0.2) is 0 Å². The molecule has 0 spiro atoms. The molecule has 0 aromatic rings. The van der Waals surface area contributed by atoms with Crippen LogP contribution in [-0.2, 0) is 23.9 Å². The molecule has 0 rings (SSSR count). The second kappa shape index (κ2) is 13.7. The normalized spacial score (nSPS) is 13.1. The molecule has 32 heavy (non-hydrogen) atoms. The van der Waals surface area contributed by atoms with Crippen molar-refractivity contribution in [3.63, 3.8) is 0 Å². The van der Waals surface area contributed by atoms with Gasteiger partial charge in [0.1, 0.15) is 5.60 Å². The number of carboxylic acid groups (broad SMARTS) is 1. The lowest BCUT2D eigenvalue weighted by molar-refractivity contribution is -0.144. The Morgan fingerprint density at radius 3 is 2.09 bits per heavy atom. The van der Waals surface area contributed by atoms with Crippen LogP contribution in [0.25, 0.3) is 0 Å². The van der Waals surface area contributed by atoms with Crippen LogP contribution in [0.1, 0.15) is 66.7 Å². The van der Waals surface area contributed by atoms with E-state index < -0.39 is 29.6 Å². The number of ketones is 1. The number of Topliss-reactive ketones (excluding diaryl/α,β-unsaturated/α-hetero) is 1. The highest BCUT2D eigenvalue weighted by Gasteiger charge is 2.29. The first-order chi connectivity index (χ1) is 14.6. The third-order valence-electron chi connectivity index (χ3n) is 4.58. The van der Waals surface area contributed by atoms with Crippen molar-refractivity contribution in [3.05, 3.63) is 0 Å². The molecule has 0 saturated carbocycles. The van der Waals surface area contributed by atoms with Crippen LogP contribution in [0.2, 0.25) is 0 Å². The lowest BCUT2D eigenvalue weighted by Crippen LogP contribution is -2.45. The molecule has 2 atom stereocenters. The predicted molar refractivity (Wildman–Crippen MR) is 119 cm³/mol. The van der Waals surface area contributed by atoms with Crippen molar-refractivity contribution >= 4 is 29.7 Å². The molecule has 0 aromatic heterocycles. The number of amides is 3. The molecule has 0 aliphatic heterocycles. The Hall–Kier alpha value is -2.65. The minimum atomic E-state index is -1.15. The Balaban J connectivity index is 4.76. The molecule has 0 aromatic carbocycles.